The minimum absolute atomic E-state index is 0.350. The molecule has 0 saturated carbocycles. The smallest absolute Gasteiger partial charge is 0.249 e. The van der Waals surface area contributed by atoms with Crippen LogP contribution in [0, 0.1) is 0 Å². The first kappa shape index (κ1) is 11.6. The molecule has 0 radical (unpaired) electrons. The van der Waals surface area contributed by atoms with Gasteiger partial charge in [-0.05, 0) is 12.3 Å². The summed E-state index contributed by atoms with van der Waals surface area (Å²) in [6.07, 6.45) is 2.08. The lowest BCUT2D eigenvalue weighted by molar-refractivity contribution is 0.100. The van der Waals surface area contributed by atoms with Crippen LogP contribution in [0.1, 0.15) is 15.2 Å². The van der Waals surface area contributed by atoms with Crippen LogP contribution in [0.2, 0.25) is 0 Å². The van der Waals surface area contributed by atoms with Crippen molar-refractivity contribution in [2.24, 2.45) is 5.73 Å². The lowest BCUT2D eigenvalue weighted by Gasteiger charge is -1.99. The summed E-state index contributed by atoms with van der Waals surface area (Å²) in [6, 6.07) is 1.85. The van der Waals surface area contributed by atoms with Crippen molar-refractivity contribution in [2.45, 2.75) is 6.54 Å². The summed E-state index contributed by atoms with van der Waals surface area (Å²) < 4.78 is 0. The highest BCUT2D eigenvalue weighted by Crippen LogP contribution is 2.13. The molecule has 1 aromatic heterocycles. The normalized spacial score (nSPS) is 10.4. The van der Waals surface area contributed by atoms with Crippen LogP contribution in [0.25, 0.3) is 0 Å². The van der Waals surface area contributed by atoms with Crippen LogP contribution >= 0.6 is 23.1 Å². The van der Waals surface area contributed by atoms with Crippen molar-refractivity contribution in [1.29, 1.82) is 0 Å². The summed E-state index contributed by atoms with van der Waals surface area (Å²) in [7, 11) is 0. The molecular formula is C9H14N2OS2. The Morgan fingerprint density at radius 1 is 1.71 bits per heavy atom. The number of hydrogen-bond acceptors (Lipinski definition) is 4. The summed E-state index contributed by atoms with van der Waals surface area (Å²) >= 11 is 3.38. The summed E-state index contributed by atoms with van der Waals surface area (Å²) in [4.78, 5) is 11.9. The maximum atomic E-state index is 10.8. The quantitative estimate of drug-likeness (QED) is 0.724. The Morgan fingerprint density at radius 3 is 3.07 bits per heavy atom. The zero-order valence-electron chi connectivity index (χ0n) is 8.08. The van der Waals surface area contributed by atoms with Crippen molar-refractivity contribution in [3.05, 3.63) is 21.9 Å². The first-order chi connectivity index (χ1) is 6.74. The summed E-state index contributed by atoms with van der Waals surface area (Å²) in [5.41, 5.74) is 5.76. The Bertz CT molecular complexity index is 299. The fourth-order valence-corrected chi connectivity index (χ4v) is 2.18. The molecule has 1 rings (SSSR count). The van der Waals surface area contributed by atoms with Crippen molar-refractivity contribution >= 4 is 29.0 Å². The van der Waals surface area contributed by atoms with E-state index < -0.39 is 0 Å². The Kier molecular flexibility index (Phi) is 5.00. The third kappa shape index (κ3) is 3.69. The van der Waals surface area contributed by atoms with E-state index in [1.807, 2.05) is 17.8 Å². The number of rotatable bonds is 6. The molecule has 0 bridgehead atoms. The Hall–Kier alpha value is -0.520. The number of thiophene rings is 1. The SMILES string of the molecule is CSCCNCc1cc(C(N)=O)cs1. The molecule has 1 amide bonds. The van der Waals surface area contributed by atoms with Gasteiger partial charge < -0.3 is 11.1 Å². The predicted molar refractivity (Wildman–Crippen MR) is 62.9 cm³/mol. The third-order valence-electron chi connectivity index (χ3n) is 1.72. The van der Waals surface area contributed by atoms with Gasteiger partial charge in [-0.15, -0.1) is 11.3 Å². The molecule has 0 aliphatic carbocycles. The number of amides is 1. The van der Waals surface area contributed by atoms with Crippen LogP contribution in [-0.2, 0) is 6.54 Å². The average Bonchev–Trinajstić information content (AvgIpc) is 2.61. The fraction of sp³-hybridized carbons (Fsp3) is 0.444. The first-order valence-corrected chi connectivity index (χ1v) is 6.58. The largest absolute Gasteiger partial charge is 0.366 e. The highest BCUT2D eigenvalue weighted by molar-refractivity contribution is 7.98. The number of carbonyl (C=O) groups is 1. The standard InChI is InChI=1S/C9H14N2OS2/c1-13-3-2-11-5-8-4-7(6-14-8)9(10)12/h4,6,11H,2-3,5H2,1H3,(H2,10,12). The maximum Gasteiger partial charge on any atom is 0.249 e. The van der Waals surface area contributed by atoms with Gasteiger partial charge in [0.05, 0.1) is 5.56 Å². The van der Waals surface area contributed by atoms with E-state index in [2.05, 4.69) is 11.6 Å². The van der Waals surface area contributed by atoms with E-state index in [1.165, 1.54) is 0 Å². The number of primary amides is 1. The molecule has 1 heterocycles. The molecule has 0 saturated heterocycles. The van der Waals surface area contributed by atoms with E-state index in [0.717, 1.165) is 23.7 Å². The van der Waals surface area contributed by atoms with Crippen LogP contribution in [0.3, 0.4) is 0 Å². The molecule has 5 heteroatoms. The minimum Gasteiger partial charge on any atom is -0.366 e. The third-order valence-corrected chi connectivity index (χ3v) is 3.27. The number of thioether (sulfide) groups is 1. The Morgan fingerprint density at radius 2 is 2.50 bits per heavy atom. The van der Waals surface area contributed by atoms with Gasteiger partial charge in [-0.1, -0.05) is 0 Å². The predicted octanol–water partition coefficient (Wildman–Crippen LogP) is 1.30. The van der Waals surface area contributed by atoms with Gasteiger partial charge in [0.25, 0.3) is 0 Å². The summed E-state index contributed by atoms with van der Waals surface area (Å²) in [5.74, 6) is 0.755. The second-order valence-electron chi connectivity index (χ2n) is 2.84. The second kappa shape index (κ2) is 6.06. The number of nitrogens with one attached hydrogen (secondary N) is 1. The molecule has 0 atom stereocenters. The van der Waals surface area contributed by atoms with Crippen molar-refractivity contribution in [3.63, 3.8) is 0 Å². The van der Waals surface area contributed by atoms with Gasteiger partial charge in [-0.2, -0.15) is 11.8 Å². The second-order valence-corrected chi connectivity index (χ2v) is 4.82. The zero-order valence-corrected chi connectivity index (χ0v) is 9.71. The molecule has 0 fully saturated rings. The van der Waals surface area contributed by atoms with E-state index in [-0.39, 0.29) is 5.91 Å². The van der Waals surface area contributed by atoms with E-state index in [9.17, 15) is 4.79 Å². The molecule has 14 heavy (non-hydrogen) atoms. The monoisotopic (exact) mass is 230 g/mol. The Labute approximate surface area is 92.1 Å². The highest BCUT2D eigenvalue weighted by atomic mass is 32.2. The maximum absolute atomic E-state index is 10.8. The fourth-order valence-electron chi connectivity index (χ4n) is 0.988. The van der Waals surface area contributed by atoms with Crippen LogP contribution < -0.4 is 11.1 Å². The van der Waals surface area contributed by atoms with Crippen LogP contribution in [0.5, 0.6) is 0 Å². The molecule has 78 valence electrons. The lowest BCUT2D eigenvalue weighted by atomic mass is 10.3. The number of nitrogens with two attached hydrogens (primary N) is 1. The molecule has 3 nitrogen and oxygen atoms in total. The molecule has 3 N–H and O–H groups in total. The van der Waals surface area contributed by atoms with Gasteiger partial charge in [-0.3, -0.25) is 4.79 Å². The van der Waals surface area contributed by atoms with E-state index in [4.69, 9.17) is 5.73 Å². The van der Waals surface area contributed by atoms with Crippen molar-refractivity contribution in [1.82, 2.24) is 5.32 Å². The van der Waals surface area contributed by atoms with Gasteiger partial charge >= 0.3 is 0 Å². The van der Waals surface area contributed by atoms with Crippen molar-refractivity contribution in [3.8, 4) is 0 Å². The van der Waals surface area contributed by atoms with Gasteiger partial charge in [0, 0.05) is 29.1 Å². The molecule has 1 aromatic rings. The van der Waals surface area contributed by atoms with Crippen molar-refractivity contribution in [2.75, 3.05) is 18.6 Å². The summed E-state index contributed by atoms with van der Waals surface area (Å²) in [6.45, 7) is 1.81. The molecule has 0 aliphatic rings. The minimum atomic E-state index is -0.350. The topological polar surface area (TPSA) is 55.1 Å². The van der Waals surface area contributed by atoms with Crippen LogP contribution in [0.4, 0.5) is 0 Å². The number of carbonyl (C=O) groups excluding carboxylic acids is 1. The van der Waals surface area contributed by atoms with Gasteiger partial charge in [0.2, 0.25) is 5.91 Å². The van der Waals surface area contributed by atoms with Crippen molar-refractivity contribution < 1.29 is 4.79 Å². The van der Waals surface area contributed by atoms with Gasteiger partial charge in [0.15, 0.2) is 0 Å². The van der Waals surface area contributed by atoms with Crippen LogP contribution in [0.15, 0.2) is 11.4 Å². The zero-order chi connectivity index (χ0) is 10.4. The molecular weight excluding hydrogens is 216 g/mol. The average molecular weight is 230 g/mol. The van der Waals surface area contributed by atoms with E-state index in [1.54, 1.807) is 16.7 Å². The van der Waals surface area contributed by atoms with E-state index >= 15 is 0 Å². The highest BCUT2D eigenvalue weighted by Gasteiger charge is 2.03. The van der Waals surface area contributed by atoms with Crippen LogP contribution in [-0.4, -0.2) is 24.5 Å². The molecule has 0 spiro atoms. The molecule has 0 aliphatic heterocycles. The molecule has 0 aromatic carbocycles. The van der Waals surface area contributed by atoms with Gasteiger partial charge in [-0.25, -0.2) is 0 Å². The number of hydrogen-bond donors (Lipinski definition) is 2. The van der Waals surface area contributed by atoms with Gasteiger partial charge in [0.1, 0.15) is 0 Å². The summed E-state index contributed by atoms with van der Waals surface area (Å²) in [5, 5.41) is 5.09. The first-order valence-electron chi connectivity index (χ1n) is 4.31. The lowest BCUT2D eigenvalue weighted by Crippen LogP contribution is -2.15. The van der Waals surface area contributed by atoms with E-state index in [0.29, 0.717) is 5.56 Å². The molecule has 0 unspecified atom stereocenters. The Balaban J connectivity index is 2.33.